The first-order chi connectivity index (χ1) is 13.0. The number of imide groups is 1. The van der Waals surface area contributed by atoms with E-state index in [1.54, 1.807) is 19.2 Å². The number of benzene rings is 1. The van der Waals surface area contributed by atoms with Crippen molar-refractivity contribution in [3.05, 3.63) is 29.6 Å². The second kappa shape index (κ2) is 7.35. The average molecular weight is 391 g/mol. The Labute approximate surface area is 166 Å². The van der Waals surface area contributed by atoms with Crippen LogP contribution >= 0.6 is 0 Å². The highest BCUT2D eigenvalue weighted by molar-refractivity contribution is 6.07. The van der Waals surface area contributed by atoms with Crippen LogP contribution in [0.5, 0.6) is 5.75 Å². The van der Waals surface area contributed by atoms with Gasteiger partial charge in [0.1, 0.15) is 5.54 Å². The summed E-state index contributed by atoms with van der Waals surface area (Å²) in [6.45, 7) is 7.00. The summed E-state index contributed by atoms with van der Waals surface area (Å²) < 4.78 is 18.8. The third kappa shape index (κ3) is 3.99. The summed E-state index contributed by atoms with van der Waals surface area (Å²) in [7, 11) is 3.23. The fraction of sp³-hybridized carbons (Fsp3) is 0.619. The van der Waals surface area contributed by atoms with Gasteiger partial charge in [0, 0.05) is 6.54 Å². The monoisotopic (exact) mass is 391 g/mol. The topological polar surface area (TPSA) is 61.9 Å². The molecule has 1 aliphatic heterocycles. The van der Waals surface area contributed by atoms with Crippen LogP contribution in [-0.2, 0) is 11.3 Å². The summed E-state index contributed by atoms with van der Waals surface area (Å²) in [5, 5.41) is 2.98. The van der Waals surface area contributed by atoms with Crippen LogP contribution in [0.4, 0.5) is 9.18 Å². The number of rotatable bonds is 5. The number of halogens is 1. The second-order valence-corrected chi connectivity index (χ2v) is 9.22. The first kappa shape index (κ1) is 20.6. The predicted molar refractivity (Wildman–Crippen MR) is 104 cm³/mol. The minimum atomic E-state index is -0.800. The van der Waals surface area contributed by atoms with Gasteiger partial charge in [-0.2, -0.15) is 0 Å². The van der Waals surface area contributed by atoms with Crippen molar-refractivity contribution in [1.29, 1.82) is 0 Å². The summed E-state index contributed by atoms with van der Waals surface area (Å²) in [6.07, 6.45) is 2.37. The van der Waals surface area contributed by atoms with Gasteiger partial charge in [0.25, 0.3) is 5.91 Å². The molecule has 0 bridgehead atoms. The standard InChI is InChI=1S/C21H30FN3O3/c1-14-9-20(2,3)12-21(10-14)18(26)25(19(27)23-21)13-24(4)11-15-6-7-17(28-5)16(22)8-15/h6-8,14H,9-13H2,1-5H3,(H,23,27)/t14-,21+/m1/s1. The number of nitrogens with one attached hydrogen (secondary N) is 1. The Morgan fingerprint density at radius 1 is 1.32 bits per heavy atom. The van der Waals surface area contributed by atoms with E-state index in [4.69, 9.17) is 4.74 Å². The predicted octanol–water partition coefficient (Wildman–Crippen LogP) is 3.36. The summed E-state index contributed by atoms with van der Waals surface area (Å²) in [4.78, 5) is 28.9. The van der Waals surface area contributed by atoms with Gasteiger partial charge in [0.15, 0.2) is 11.6 Å². The smallest absolute Gasteiger partial charge is 0.326 e. The molecule has 1 N–H and O–H groups in total. The zero-order chi connectivity index (χ0) is 20.7. The van der Waals surface area contributed by atoms with Gasteiger partial charge in [-0.25, -0.2) is 14.1 Å². The van der Waals surface area contributed by atoms with Gasteiger partial charge in [-0.15, -0.1) is 0 Å². The molecule has 28 heavy (non-hydrogen) atoms. The van der Waals surface area contributed by atoms with Gasteiger partial charge in [-0.3, -0.25) is 9.69 Å². The van der Waals surface area contributed by atoms with Crippen LogP contribution in [0.25, 0.3) is 0 Å². The molecule has 3 rings (SSSR count). The van der Waals surface area contributed by atoms with Crippen LogP contribution in [0.1, 0.15) is 45.6 Å². The molecule has 6 nitrogen and oxygen atoms in total. The molecule has 2 aliphatic rings. The van der Waals surface area contributed by atoms with Crippen LogP contribution in [0.3, 0.4) is 0 Å². The number of methoxy groups -OCH3 is 1. The molecule has 0 radical (unpaired) electrons. The molecule has 1 spiro atoms. The molecule has 2 fully saturated rings. The maximum Gasteiger partial charge on any atom is 0.326 e. The maximum atomic E-state index is 13.9. The maximum absolute atomic E-state index is 13.9. The third-order valence-electron chi connectivity index (χ3n) is 5.68. The molecule has 1 aromatic rings. The van der Waals surface area contributed by atoms with Gasteiger partial charge in [-0.05, 0) is 55.3 Å². The average Bonchev–Trinajstić information content (AvgIpc) is 2.76. The van der Waals surface area contributed by atoms with E-state index >= 15 is 0 Å². The Hall–Kier alpha value is -2.15. The fourth-order valence-corrected chi connectivity index (χ4v) is 5.05. The lowest BCUT2D eigenvalue weighted by Crippen LogP contribution is -2.54. The number of hydrogen-bond acceptors (Lipinski definition) is 4. The fourth-order valence-electron chi connectivity index (χ4n) is 5.05. The van der Waals surface area contributed by atoms with Crippen molar-refractivity contribution in [2.75, 3.05) is 20.8 Å². The molecule has 1 saturated heterocycles. The summed E-state index contributed by atoms with van der Waals surface area (Å²) in [6, 6.07) is 4.42. The highest BCUT2D eigenvalue weighted by atomic mass is 19.1. The van der Waals surface area contributed by atoms with E-state index in [-0.39, 0.29) is 29.8 Å². The number of carbonyl (C=O) groups excluding carboxylic acids is 2. The third-order valence-corrected chi connectivity index (χ3v) is 5.68. The lowest BCUT2D eigenvalue weighted by atomic mass is 9.64. The van der Waals surface area contributed by atoms with Crippen molar-refractivity contribution in [1.82, 2.24) is 15.1 Å². The van der Waals surface area contributed by atoms with Crippen LogP contribution < -0.4 is 10.1 Å². The van der Waals surface area contributed by atoms with E-state index in [1.165, 1.54) is 18.1 Å². The van der Waals surface area contributed by atoms with E-state index < -0.39 is 11.4 Å². The molecule has 1 aromatic carbocycles. The van der Waals surface area contributed by atoms with Crippen molar-refractivity contribution in [3.63, 3.8) is 0 Å². The first-order valence-corrected chi connectivity index (χ1v) is 9.70. The molecular formula is C21H30FN3O3. The number of ether oxygens (including phenoxy) is 1. The zero-order valence-electron chi connectivity index (χ0n) is 17.3. The van der Waals surface area contributed by atoms with Gasteiger partial charge >= 0.3 is 6.03 Å². The Bertz CT molecular complexity index is 782. The normalized spacial score (nSPS) is 26.8. The van der Waals surface area contributed by atoms with E-state index in [0.717, 1.165) is 12.0 Å². The number of nitrogens with zero attached hydrogens (tertiary/aromatic N) is 2. The van der Waals surface area contributed by atoms with Crippen LogP contribution in [0.15, 0.2) is 18.2 Å². The van der Waals surface area contributed by atoms with E-state index in [2.05, 4.69) is 26.1 Å². The highest BCUT2D eigenvalue weighted by Crippen LogP contribution is 2.46. The summed E-state index contributed by atoms with van der Waals surface area (Å²) >= 11 is 0. The van der Waals surface area contributed by atoms with E-state index in [1.807, 2.05) is 4.90 Å². The summed E-state index contributed by atoms with van der Waals surface area (Å²) in [5.41, 5.74) is -0.0518. The summed E-state index contributed by atoms with van der Waals surface area (Å²) in [5.74, 6) is -0.0184. The molecule has 154 valence electrons. The Kier molecular flexibility index (Phi) is 5.40. The lowest BCUT2D eigenvalue weighted by Gasteiger charge is -2.43. The Morgan fingerprint density at radius 3 is 2.64 bits per heavy atom. The first-order valence-electron chi connectivity index (χ1n) is 9.70. The Balaban J connectivity index is 1.69. The van der Waals surface area contributed by atoms with Crippen molar-refractivity contribution < 1.29 is 18.7 Å². The molecule has 0 unspecified atom stereocenters. The molecule has 0 aromatic heterocycles. The Morgan fingerprint density at radius 2 is 2.04 bits per heavy atom. The van der Waals surface area contributed by atoms with Crippen LogP contribution in [-0.4, -0.2) is 48.1 Å². The minimum absolute atomic E-state index is 0.00312. The quantitative estimate of drug-likeness (QED) is 0.782. The van der Waals surface area contributed by atoms with E-state index in [0.29, 0.717) is 25.3 Å². The number of amides is 3. The molecule has 1 saturated carbocycles. The largest absolute Gasteiger partial charge is 0.494 e. The van der Waals surface area contributed by atoms with Crippen LogP contribution in [0, 0.1) is 17.2 Å². The molecule has 1 heterocycles. The minimum Gasteiger partial charge on any atom is -0.494 e. The number of hydrogen-bond donors (Lipinski definition) is 1. The van der Waals surface area contributed by atoms with Gasteiger partial charge in [0.05, 0.1) is 13.8 Å². The van der Waals surface area contributed by atoms with Gasteiger partial charge in [0.2, 0.25) is 0 Å². The lowest BCUT2D eigenvalue weighted by molar-refractivity contribution is -0.136. The van der Waals surface area contributed by atoms with Crippen LogP contribution in [0.2, 0.25) is 0 Å². The van der Waals surface area contributed by atoms with Crippen molar-refractivity contribution in [2.24, 2.45) is 11.3 Å². The van der Waals surface area contributed by atoms with Crippen molar-refractivity contribution >= 4 is 11.9 Å². The van der Waals surface area contributed by atoms with Gasteiger partial charge in [-0.1, -0.05) is 26.8 Å². The molecule has 3 amide bonds. The molecule has 2 atom stereocenters. The second-order valence-electron chi connectivity index (χ2n) is 9.22. The van der Waals surface area contributed by atoms with Crippen molar-refractivity contribution in [3.8, 4) is 5.75 Å². The van der Waals surface area contributed by atoms with E-state index in [9.17, 15) is 14.0 Å². The SMILES string of the molecule is COc1ccc(CN(C)CN2C(=O)N[C@]3(C[C@H](C)CC(C)(C)C3)C2=O)cc1F. The van der Waals surface area contributed by atoms with Gasteiger partial charge < -0.3 is 10.1 Å². The molecule has 7 heteroatoms. The van der Waals surface area contributed by atoms with Crippen molar-refractivity contribution in [2.45, 2.75) is 52.1 Å². The number of urea groups is 1. The zero-order valence-corrected chi connectivity index (χ0v) is 17.3. The highest BCUT2D eigenvalue weighted by Gasteiger charge is 2.56. The molecule has 1 aliphatic carbocycles. The number of carbonyl (C=O) groups is 2. The molecular weight excluding hydrogens is 361 g/mol.